The SMILES string of the molecule is Oc1c(N2CCSN2)cccc1C(F)(F)Cl. The maximum Gasteiger partial charge on any atom is 0.351 e. The first-order valence-corrected chi connectivity index (χ1v) is 5.90. The number of nitrogens with zero attached hydrogens (tertiary/aromatic N) is 1. The van der Waals surface area contributed by atoms with Gasteiger partial charge >= 0.3 is 5.38 Å². The van der Waals surface area contributed by atoms with Crippen LogP contribution < -0.4 is 9.84 Å². The molecule has 1 saturated heterocycles. The first kappa shape index (κ1) is 11.8. The van der Waals surface area contributed by atoms with Crippen molar-refractivity contribution < 1.29 is 13.9 Å². The van der Waals surface area contributed by atoms with Crippen molar-refractivity contribution in [3.63, 3.8) is 0 Å². The first-order valence-electron chi connectivity index (χ1n) is 4.54. The Morgan fingerprint density at radius 1 is 1.50 bits per heavy atom. The van der Waals surface area contributed by atoms with Crippen LogP contribution in [0.2, 0.25) is 0 Å². The molecule has 1 fully saturated rings. The third kappa shape index (κ3) is 2.18. The highest BCUT2D eigenvalue weighted by molar-refractivity contribution is 7.97. The second-order valence-electron chi connectivity index (χ2n) is 3.26. The van der Waals surface area contributed by atoms with Gasteiger partial charge in [0, 0.05) is 12.3 Å². The fourth-order valence-electron chi connectivity index (χ4n) is 1.45. The van der Waals surface area contributed by atoms with E-state index in [0.717, 1.165) is 11.8 Å². The summed E-state index contributed by atoms with van der Waals surface area (Å²) < 4.78 is 25.9. The van der Waals surface area contributed by atoms with Crippen molar-refractivity contribution in [1.29, 1.82) is 0 Å². The highest BCUT2D eigenvalue weighted by atomic mass is 35.5. The number of hydrogen-bond acceptors (Lipinski definition) is 4. The zero-order valence-corrected chi connectivity index (χ0v) is 9.66. The summed E-state index contributed by atoms with van der Waals surface area (Å²) in [4.78, 5) is 2.89. The van der Waals surface area contributed by atoms with E-state index in [2.05, 4.69) is 4.83 Å². The van der Waals surface area contributed by atoms with Gasteiger partial charge < -0.3 is 5.11 Å². The van der Waals surface area contributed by atoms with Gasteiger partial charge in [-0.05, 0) is 23.7 Å². The number of hydrogen-bond donors (Lipinski definition) is 2. The number of halogens is 3. The maximum absolute atomic E-state index is 12.9. The molecule has 0 atom stereocenters. The predicted octanol–water partition coefficient (Wildman–Crippen LogP) is 2.65. The minimum Gasteiger partial charge on any atom is -0.505 e. The van der Waals surface area contributed by atoms with Gasteiger partial charge in [0.05, 0.1) is 11.3 Å². The summed E-state index contributed by atoms with van der Waals surface area (Å²) in [6.07, 6.45) is 0. The molecular formula is C9H9ClF2N2OS. The van der Waals surface area contributed by atoms with Crippen molar-refractivity contribution >= 4 is 29.2 Å². The fraction of sp³-hybridized carbons (Fsp3) is 0.333. The lowest BCUT2D eigenvalue weighted by Crippen LogP contribution is -2.28. The molecule has 0 unspecified atom stereocenters. The fourth-order valence-corrected chi connectivity index (χ4v) is 2.32. The monoisotopic (exact) mass is 266 g/mol. The number of aromatic hydroxyl groups is 1. The van der Waals surface area contributed by atoms with Crippen molar-refractivity contribution in [3.05, 3.63) is 23.8 Å². The van der Waals surface area contributed by atoms with Gasteiger partial charge in [0.15, 0.2) is 5.75 Å². The van der Waals surface area contributed by atoms with Gasteiger partial charge in [-0.3, -0.25) is 5.01 Å². The van der Waals surface area contributed by atoms with Gasteiger partial charge in [-0.15, -0.1) is 0 Å². The van der Waals surface area contributed by atoms with E-state index in [1.807, 2.05) is 0 Å². The highest BCUT2D eigenvalue weighted by Gasteiger charge is 2.33. The molecule has 1 aromatic rings. The number of anilines is 1. The van der Waals surface area contributed by atoms with Crippen LogP contribution in [0.1, 0.15) is 5.56 Å². The summed E-state index contributed by atoms with van der Waals surface area (Å²) in [5.74, 6) is 0.332. The molecule has 0 aromatic heterocycles. The number of alkyl halides is 3. The molecule has 2 N–H and O–H groups in total. The molecule has 0 amide bonds. The van der Waals surface area contributed by atoms with E-state index >= 15 is 0 Å². The van der Waals surface area contributed by atoms with Crippen molar-refractivity contribution in [1.82, 2.24) is 4.83 Å². The minimum atomic E-state index is -3.56. The molecular weight excluding hydrogens is 258 g/mol. The third-order valence-corrected chi connectivity index (χ3v) is 3.14. The molecule has 1 aromatic carbocycles. The number of rotatable bonds is 2. The molecule has 7 heteroatoms. The molecule has 1 aliphatic rings. The number of nitrogens with one attached hydrogen (secondary N) is 1. The standard InChI is InChI=1S/C9H9ClF2N2OS/c10-9(11,12)6-2-1-3-7(8(6)15)14-4-5-16-13-14/h1-3,13,15H,4-5H2. The second-order valence-corrected chi connectivity index (χ2v) is 4.62. The molecule has 0 saturated carbocycles. The second kappa shape index (κ2) is 4.27. The third-order valence-electron chi connectivity index (χ3n) is 2.20. The van der Waals surface area contributed by atoms with Gasteiger partial charge in [0.25, 0.3) is 0 Å². The summed E-state index contributed by atoms with van der Waals surface area (Å²) in [6.45, 7) is 0.634. The van der Waals surface area contributed by atoms with Crippen LogP contribution in [0.25, 0.3) is 0 Å². The quantitative estimate of drug-likeness (QED) is 0.637. The van der Waals surface area contributed by atoms with Gasteiger partial charge in [-0.1, -0.05) is 18.0 Å². The zero-order valence-electron chi connectivity index (χ0n) is 8.08. The molecule has 3 nitrogen and oxygen atoms in total. The Labute approximate surface area is 100 Å². The van der Waals surface area contributed by atoms with Crippen LogP contribution in [-0.2, 0) is 5.38 Å². The lowest BCUT2D eigenvalue weighted by atomic mass is 10.1. The van der Waals surface area contributed by atoms with Crippen molar-refractivity contribution in [2.45, 2.75) is 5.38 Å². The Kier molecular flexibility index (Phi) is 3.14. The topological polar surface area (TPSA) is 35.5 Å². The molecule has 1 heterocycles. The van der Waals surface area contributed by atoms with E-state index in [4.69, 9.17) is 11.6 Å². The van der Waals surface area contributed by atoms with Gasteiger partial charge in [0.2, 0.25) is 0 Å². The van der Waals surface area contributed by atoms with E-state index in [1.165, 1.54) is 18.0 Å². The lowest BCUT2D eigenvalue weighted by Gasteiger charge is -2.20. The Balaban J connectivity index is 2.40. The predicted molar refractivity (Wildman–Crippen MR) is 60.8 cm³/mol. The summed E-state index contributed by atoms with van der Waals surface area (Å²) in [5, 5.41) is 7.77. The maximum atomic E-state index is 12.9. The number of para-hydroxylation sites is 1. The van der Waals surface area contributed by atoms with Crippen molar-refractivity contribution in [2.24, 2.45) is 0 Å². The minimum absolute atomic E-state index is 0.308. The lowest BCUT2D eigenvalue weighted by molar-refractivity contribution is 0.0920. The van der Waals surface area contributed by atoms with Crippen LogP contribution >= 0.6 is 23.5 Å². The molecule has 0 radical (unpaired) electrons. The van der Waals surface area contributed by atoms with Crippen LogP contribution in [0.3, 0.4) is 0 Å². The van der Waals surface area contributed by atoms with E-state index in [9.17, 15) is 13.9 Å². The van der Waals surface area contributed by atoms with Crippen LogP contribution in [0.5, 0.6) is 5.75 Å². The van der Waals surface area contributed by atoms with Crippen molar-refractivity contribution in [3.8, 4) is 5.75 Å². The molecule has 1 aliphatic heterocycles. The number of phenols is 1. The van der Waals surface area contributed by atoms with Crippen molar-refractivity contribution in [2.75, 3.05) is 17.3 Å². The Morgan fingerprint density at radius 3 is 2.81 bits per heavy atom. The van der Waals surface area contributed by atoms with Gasteiger partial charge in [0.1, 0.15) is 0 Å². The number of benzene rings is 1. The first-order chi connectivity index (χ1) is 7.50. The Hall–Kier alpha value is -0.720. The highest BCUT2D eigenvalue weighted by Crippen LogP contribution is 2.42. The largest absolute Gasteiger partial charge is 0.505 e. The van der Waals surface area contributed by atoms with E-state index in [-0.39, 0.29) is 0 Å². The number of phenolic OH excluding ortho intramolecular Hbond substituents is 1. The van der Waals surface area contributed by atoms with Gasteiger partial charge in [-0.25, -0.2) is 0 Å². The average molecular weight is 267 g/mol. The summed E-state index contributed by atoms with van der Waals surface area (Å²) in [7, 11) is 0. The van der Waals surface area contributed by atoms with Crippen LogP contribution in [0.15, 0.2) is 18.2 Å². The number of hydrazine groups is 1. The average Bonchev–Trinajstić information content (AvgIpc) is 2.69. The molecule has 88 valence electrons. The van der Waals surface area contributed by atoms with Crippen LogP contribution in [0.4, 0.5) is 14.5 Å². The normalized spacial score (nSPS) is 16.8. The van der Waals surface area contributed by atoms with E-state index in [1.54, 1.807) is 11.1 Å². The molecule has 2 rings (SSSR count). The summed E-state index contributed by atoms with van der Waals surface area (Å²) in [5.41, 5.74) is -0.270. The smallest absolute Gasteiger partial charge is 0.351 e. The molecule has 0 spiro atoms. The van der Waals surface area contributed by atoms with Gasteiger partial charge in [-0.2, -0.15) is 13.6 Å². The summed E-state index contributed by atoms with van der Waals surface area (Å²) in [6, 6.07) is 4.10. The van der Waals surface area contributed by atoms with E-state index < -0.39 is 16.7 Å². The van der Waals surface area contributed by atoms with E-state index in [0.29, 0.717) is 12.2 Å². The summed E-state index contributed by atoms with van der Waals surface area (Å²) >= 11 is 6.35. The Bertz CT molecular complexity index is 394. The molecule has 0 aliphatic carbocycles. The van der Waals surface area contributed by atoms with Crippen LogP contribution in [-0.4, -0.2) is 17.4 Å². The van der Waals surface area contributed by atoms with Crippen LogP contribution in [0, 0.1) is 0 Å². The molecule has 16 heavy (non-hydrogen) atoms. The zero-order chi connectivity index (χ0) is 11.8. The Morgan fingerprint density at radius 2 is 2.25 bits per heavy atom. The molecule has 0 bridgehead atoms.